The Labute approximate surface area is 179 Å². The molecule has 0 saturated heterocycles. The Balaban J connectivity index is 1.79. The van der Waals surface area contributed by atoms with Crippen molar-refractivity contribution in [3.63, 3.8) is 0 Å². The molecule has 4 rings (SSSR count). The number of rotatable bonds is 5. The lowest BCUT2D eigenvalue weighted by atomic mass is 9.83. The molecule has 0 fully saturated rings. The zero-order valence-electron chi connectivity index (χ0n) is 17.7. The van der Waals surface area contributed by atoms with E-state index in [9.17, 15) is 0 Å². The summed E-state index contributed by atoms with van der Waals surface area (Å²) in [5.41, 5.74) is 9.10. The van der Waals surface area contributed by atoms with E-state index in [1.807, 2.05) is 31.3 Å². The Morgan fingerprint density at radius 1 is 0.700 bits per heavy atom. The fourth-order valence-electron chi connectivity index (χ4n) is 4.00. The fraction of sp³-hybridized carbons (Fsp3) is 0.143. The SMILES string of the molecule is CC(=Nc1c(C)cc(C(c2ccccc2)c2ccccc2)cc1C)c1ccccn1. The normalized spacial score (nSPS) is 11.7. The lowest BCUT2D eigenvalue weighted by Gasteiger charge is -2.21. The van der Waals surface area contributed by atoms with E-state index in [4.69, 9.17) is 4.99 Å². The van der Waals surface area contributed by atoms with Crippen molar-refractivity contribution in [2.75, 3.05) is 0 Å². The standard InChI is InChI=1S/C28H26N2/c1-20-18-25(19-21(2)28(20)30-22(3)26-16-10-11-17-29-26)27(23-12-6-4-7-13-23)24-14-8-5-9-15-24/h4-19,27H,1-3H3. The van der Waals surface area contributed by atoms with Gasteiger partial charge in [0.2, 0.25) is 0 Å². The molecule has 0 bridgehead atoms. The molecule has 30 heavy (non-hydrogen) atoms. The Bertz CT molecular complexity index is 1080. The van der Waals surface area contributed by atoms with Crippen LogP contribution in [0.5, 0.6) is 0 Å². The molecule has 1 aromatic heterocycles. The van der Waals surface area contributed by atoms with Crippen molar-refractivity contribution in [2.45, 2.75) is 26.7 Å². The molecule has 2 nitrogen and oxygen atoms in total. The molecular weight excluding hydrogens is 364 g/mol. The molecular formula is C28H26N2. The van der Waals surface area contributed by atoms with E-state index < -0.39 is 0 Å². The highest BCUT2D eigenvalue weighted by molar-refractivity contribution is 5.98. The summed E-state index contributed by atoms with van der Waals surface area (Å²) in [7, 11) is 0. The first kappa shape index (κ1) is 19.8. The van der Waals surface area contributed by atoms with E-state index in [2.05, 4.69) is 91.6 Å². The van der Waals surface area contributed by atoms with Crippen LogP contribution in [0.2, 0.25) is 0 Å². The molecule has 0 spiro atoms. The summed E-state index contributed by atoms with van der Waals surface area (Å²) in [5, 5.41) is 0. The van der Waals surface area contributed by atoms with Crippen LogP contribution in [0.25, 0.3) is 0 Å². The Morgan fingerprint density at radius 3 is 1.73 bits per heavy atom. The zero-order chi connectivity index (χ0) is 20.9. The number of aryl methyl sites for hydroxylation is 2. The monoisotopic (exact) mass is 390 g/mol. The van der Waals surface area contributed by atoms with Crippen LogP contribution in [0.4, 0.5) is 5.69 Å². The van der Waals surface area contributed by atoms with Crippen molar-refractivity contribution in [3.8, 4) is 0 Å². The van der Waals surface area contributed by atoms with Crippen LogP contribution in [0.15, 0.2) is 102 Å². The highest BCUT2D eigenvalue weighted by Crippen LogP contribution is 2.36. The van der Waals surface area contributed by atoms with Crippen molar-refractivity contribution in [1.82, 2.24) is 4.98 Å². The maximum Gasteiger partial charge on any atom is 0.0841 e. The van der Waals surface area contributed by atoms with Crippen LogP contribution in [-0.4, -0.2) is 10.7 Å². The van der Waals surface area contributed by atoms with Crippen molar-refractivity contribution >= 4 is 11.4 Å². The minimum atomic E-state index is 0.194. The van der Waals surface area contributed by atoms with Gasteiger partial charge >= 0.3 is 0 Å². The van der Waals surface area contributed by atoms with Crippen LogP contribution in [0.3, 0.4) is 0 Å². The quantitative estimate of drug-likeness (QED) is 0.265. The third-order valence-electron chi connectivity index (χ3n) is 5.43. The minimum Gasteiger partial charge on any atom is -0.255 e. The first-order chi connectivity index (χ1) is 14.6. The average molecular weight is 391 g/mol. The molecule has 0 saturated carbocycles. The molecule has 0 aliphatic carbocycles. The largest absolute Gasteiger partial charge is 0.255 e. The van der Waals surface area contributed by atoms with Gasteiger partial charge in [0.05, 0.1) is 17.1 Å². The van der Waals surface area contributed by atoms with Gasteiger partial charge in [0.15, 0.2) is 0 Å². The maximum absolute atomic E-state index is 4.93. The van der Waals surface area contributed by atoms with E-state index in [1.165, 1.54) is 27.8 Å². The fourth-order valence-corrected chi connectivity index (χ4v) is 4.00. The van der Waals surface area contributed by atoms with E-state index in [1.54, 1.807) is 0 Å². The smallest absolute Gasteiger partial charge is 0.0841 e. The van der Waals surface area contributed by atoms with Crippen LogP contribution in [-0.2, 0) is 0 Å². The number of aliphatic imine (C=N–C) groups is 1. The van der Waals surface area contributed by atoms with Crippen LogP contribution < -0.4 is 0 Å². The highest BCUT2D eigenvalue weighted by atomic mass is 14.8. The van der Waals surface area contributed by atoms with Gasteiger partial charge in [0, 0.05) is 12.1 Å². The number of benzene rings is 3. The highest BCUT2D eigenvalue weighted by Gasteiger charge is 2.18. The van der Waals surface area contributed by atoms with Crippen molar-refractivity contribution < 1.29 is 0 Å². The van der Waals surface area contributed by atoms with Gasteiger partial charge in [0.25, 0.3) is 0 Å². The summed E-state index contributed by atoms with van der Waals surface area (Å²) in [5.74, 6) is 0.194. The van der Waals surface area contributed by atoms with Crippen molar-refractivity contribution in [3.05, 3.63) is 131 Å². The number of aromatic nitrogens is 1. The second-order valence-corrected chi connectivity index (χ2v) is 7.67. The van der Waals surface area contributed by atoms with Crippen LogP contribution >= 0.6 is 0 Å². The summed E-state index contributed by atoms with van der Waals surface area (Å²) >= 11 is 0. The molecule has 4 aromatic rings. The van der Waals surface area contributed by atoms with Crippen molar-refractivity contribution in [2.24, 2.45) is 4.99 Å². The number of hydrogen-bond acceptors (Lipinski definition) is 2. The molecule has 148 valence electrons. The molecule has 0 amide bonds. The van der Waals surface area contributed by atoms with Crippen LogP contribution in [0, 0.1) is 13.8 Å². The van der Waals surface area contributed by atoms with E-state index in [-0.39, 0.29) is 5.92 Å². The van der Waals surface area contributed by atoms with Gasteiger partial charge in [-0.3, -0.25) is 9.98 Å². The molecule has 3 aromatic carbocycles. The molecule has 0 radical (unpaired) electrons. The van der Waals surface area contributed by atoms with E-state index in [0.717, 1.165) is 17.1 Å². The predicted molar refractivity (Wildman–Crippen MR) is 126 cm³/mol. The molecule has 0 N–H and O–H groups in total. The second kappa shape index (κ2) is 8.87. The number of nitrogens with zero attached hydrogens (tertiary/aromatic N) is 2. The minimum absolute atomic E-state index is 0.194. The van der Waals surface area contributed by atoms with Gasteiger partial charge in [-0.15, -0.1) is 0 Å². The summed E-state index contributed by atoms with van der Waals surface area (Å²) in [6, 6.07) is 31.9. The molecule has 0 atom stereocenters. The van der Waals surface area contributed by atoms with E-state index >= 15 is 0 Å². The van der Waals surface area contributed by atoms with Gasteiger partial charge in [0.1, 0.15) is 0 Å². The van der Waals surface area contributed by atoms with Crippen molar-refractivity contribution in [1.29, 1.82) is 0 Å². The lowest BCUT2D eigenvalue weighted by Crippen LogP contribution is -2.04. The van der Waals surface area contributed by atoms with Gasteiger partial charge in [-0.1, -0.05) is 78.9 Å². The number of pyridine rings is 1. The van der Waals surface area contributed by atoms with Gasteiger partial charge < -0.3 is 0 Å². The molecule has 0 unspecified atom stereocenters. The summed E-state index contributed by atoms with van der Waals surface area (Å²) < 4.78 is 0. The number of hydrogen-bond donors (Lipinski definition) is 0. The molecule has 2 heteroatoms. The summed E-state index contributed by atoms with van der Waals surface area (Å²) in [6.45, 7) is 6.31. The third-order valence-corrected chi connectivity index (χ3v) is 5.43. The first-order valence-corrected chi connectivity index (χ1v) is 10.3. The van der Waals surface area contributed by atoms with Gasteiger partial charge in [-0.25, -0.2) is 0 Å². The third kappa shape index (κ3) is 4.23. The Kier molecular flexibility index (Phi) is 5.85. The summed E-state index contributed by atoms with van der Waals surface area (Å²) in [6.07, 6.45) is 1.81. The zero-order valence-corrected chi connectivity index (χ0v) is 17.7. The second-order valence-electron chi connectivity index (χ2n) is 7.67. The predicted octanol–water partition coefficient (Wildman–Crippen LogP) is 7.02. The summed E-state index contributed by atoms with van der Waals surface area (Å²) in [4.78, 5) is 9.36. The molecule has 1 heterocycles. The van der Waals surface area contributed by atoms with Gasteiger partial charge in [-0.05, 0) is 60.7 Å². The van der Waals surface area contributed by atoms with Gasteiger partial charge in [-0.2, -0.15) is 0 Å². The Hall–Kier alpha value is -3.52. The van der Waals surface area contributed by atoms with E-state index in [0.29, 0.717) is 0 Å². The molecule has 0 aliphatic rings. The van der Waals surface area contributed by atoms with Crippen LogP contribution in [0.1, 0.15) is 46.4 Å². The first-order valence-electron chi connectivity index (χ1n) is 10.3. The average Bonchev–Trinajstić information content (AvgIpc) is 2.78. The maximum atomic E-state index is 4.93. The molecule has 0 aliphatic heterocycles. The lowest BCUT2D eigenvalue weighted by molar-refractivity contribution is 0.970. The topological polar surface area (TPSA) is 25.2 Å². The Morgan fingerprint density at radius 2 is 1.23 bits per heavy atom.